The van der Waals surface area contributed by atoms with Gasteiger partial charge in [-0.25, -0.2) is 4.98 Å². The Morgan fingerprint density at radius 3 is 2.20 bits per heavy atom. The second kappa shape index (κ2) is 11.1. The SMILES string of the molecule is Nc1c(-c2ccc([N+](=O)[O-])cc2)cnc2c(-c3ccc(N4CCN(C(OC=O)c5ccccc5)CC4)cc3)cnn12. The number of hydrogen-bond donors (Lipinski definition) is 1. The fraction of sp³-hybridized carbons (Fsp3) is 0.167. The summed E-state index contributed by atoms with van der Waals surface area (Å²) >= 11 is 0. The number of hydrogen-bond acceptors (Lipinski definition) is 9. The van der Waals surface area contributed by atoms with Crippen LogP contribution in [0.25, 0.3) is 27.9 Å². The highest BCUT2D eigenvalue weighted by molar-refractivity contribution is 5.82. The molecule has 0 radical (unpaired) electrons. The number of nitro benzene ring substituents is 1. The number of non-ortho nitro benzene ring substituents is 1. The van der Waals surface area contributed by atoms with Gasteiger partial charge in [-0.1, -0.05) is 42.5 Å². The number of nitrogen functional groups attached to an aromatic ring is 1. The molecule has 2 N–H and O–H groups in total. The topological polar surface area (TPSA) is 132 Å². The maximum Gasteiger partial charge on any atom is 0.294 e. The molecule has 1 aliphatic rings. The van der Waals surface area contributed by atoms with Gasteiger partial charge in [0.25, 0.3) is 12.2 Å². The van der Waals surface area contributed by atoms with E-state index in [1.54, 1.807) is 29.0 Å². The van der Waals surface area contributed by atoms with Gasteiger partial charge in [-0.3, -0.25) is 19.8 Å². The molecule has 0 saturated carbocycles. The molecule has 0 aliphatic carbocycles. The zero-order valence-corrected chi connectivity index (χ0v) is 22.0. The van der Waals surface area contributed by atoms with Crippen molar-refractivity contribution < 1.29 is 14.5 Å². The van der Waals surface area contributed by atoms with Gasteiger partial charge in [0.05, 0.1) is 11.1 Å². The van der Waals surface area contributed by atoms with Crippen LogP contribution in [-0.2, 0) is 9.53 Å². The van der Waals surface area contributed by atoms with E-state index in [4.69, 9.17) is 10.5 Å². The molecule has 206 valence electrons. The van der Waals surface area contributed by atoms with Crippen LogP contribution in [0.5, 0.6) is 0 Å². The van der Waals surface area contributed by atoms with Crippen LogP contribution >= 0.6 is 0 Å². The lowest BCUT2D eigenvalue weighted by Crippen LogP contribution is -2.48. The summed E-state index contributed by atoms with van der Waals surface area (Å²) in [4.78, 5) is 30.8. The van der Waals surface area contributed by atoms with Gasteiger partial charge in [-0.05, 0) is 35.4 Å². The number of nitrogens with zero attached hydrogens (tertiary/aromatic N) is 6. The van der Waals surface area contributed by atoms with Crippen LogP contribution in [0.1, 0.15) is 11.8 Å². The number of nitro groups is 1. The van der Waals surface area contributed by atoms with E-state index in [0.29, 0.717) is 23.5 Å². The van der Waals surface area contributed by atoms with E-state index >= 15 is 0 Å². The summed E-state index contributed by atoms with van der Waals surface area (Å²) < 4.78 is 7.02. The number of nitrogens with two attached hydrogens (primary N) is 1. The molecule has 1 unspecified atom stereocenters. The summed E-state index contributed by atoms with van der Waals surface area (Å²) in [5, 5.41) is 15.5. The van der Waals surface area contributed by atoms with Crippen LogP contribution in [0.15, 0.2) is 91.3 Å². The number of benzene rings is 3. The maximum absolute atomic E-state index is 11.2. The third-order valence-corrected chi connectivity index (χ3v) is 7.41. The first-order valence-electron chi connectivity index (χ1n) is 13.1. The first kappa shape index (κ1) is 26.0. The van der Waals surface area contributed by atoms with Crippen molar-refractivity contribution in [1.29, 1.82) is 0 Å². The van der Waals surface area contributed by atoms with E-state index in [-0.39, 0.29) is 5.69 Å². The van der Waals surface area contributed by atoms with Crippen molar-refractivity contribution in [3.05, 3.63) is 107 Å². The molecule has 0 spiro atoms. The Morgan fingerprint density at radius 1 is 0.878 bits per heavy atom. The molecular formula is C30H27N7O4. The van der Waals surface area contributed by atoms with Gasteiger partial charge in [0, 0.05) is 66.9 Å². The Kier molecular flexibility index (Phi) is 7.00. The Labute approximate surface area is 235 Å². The average Bonchev–Trinajstić information content (AvgIpc) is 3.46. The molecule has 3 heterocycles. The number of piperazine rings is 1. The van der Waals surface area contributed by atoms with Crippen LogP contribution in [-0.4, -0.2) is 57.1 Å². The van der Waals surface area contributed by atoms with E-state index in [9.17, 15) is 14.9 Å². The molecule has 5 aromatic rings. The lowest BCUT2D eigenvalue weighted by atomic mass is 10.1. The number of fused-ring (bicyclic) bond motifs is 1. The summed E-state index contributed by atoms with van der Waals surface area (Å²) in [5.41, 5.74) is 12.3. The first-order chi connectivity index (χ1) is 20.0. The number of aromatic nitrogens is 3. The minimum Gasteiger partial charge on any atom is -0.444 e. The number of rotatable bonds is 8. The molecule has 41 heavy (non-hydrogen) atoms. The molecule has 1 saturated heterocycles. The minimum atomic E-state index is -0.439. The van der Waals surface area contributed by atoms with Crippen molar-refractivity contribution in [2.75, 3.05) is 36.8 Å². The van der Waals surface area contributed by atoms with Crippen LogP contribution < -0.4 is 10.6 Å². The van der Waals surface area contributed by atoms with Crippen LogP contribution in [0.4, 0.5) is 17.2 Å². The van der Waals surface area contributed by atoms with Crippen LogP contribution in [0, 0.1) is 10.1 Å². The Hall–Kier alpha value is -5.29. The Balaban J connectivity index is 1.17. The zero-order chi connectivity index (χ0) is 28.3. The number of carbonyl (C=O) groups is 1. The second-order valence-electron chi connectivity index (χ2n) is 9.72. The predicted octanol–water partition coefficient (Wildman–Crippen LogP) is 4.55. The van der Waals surface area contributed by atoms with Gasteiger partial charge in [-0.2, -0.15) is 9.61 Å². The molecule has 0 bridgehead atoms. The molecular weight excluding hydrogens is 522 g/mol. The summed E-state index contributed by atoms with van der Waals surface area (Å²) in [6.45, 7) is 3.62. The first-order valence-corrected chi connectivity index (χ1v) is 13.1. The fourth-order valence-corrected chi connectivity index (χ4v) is 5.25. The van der Waals surface area contributed by atoms with Crippen molar-refractivity contribution in [3.8, 4) is 22.3 Å². The Bertz CT molecular complexity index is 1680. The van der Waals surface area contributed by atoms with Crippen molar-refractivity contribution >= 4 is 29.3 Å². The molecule has 1 aliphatic heterocycles. The maximum atomic E-state index is 11.2. The quantitative estimate of drug-likeness (QED) is 0.168. The normalized spacial score (nSPS) is 14.6. The van der Waals surface area contributed by atoms with E-state index in [2.05, 4.69) is 32.0 Å². The van der Waals surface area contributed by atoms with Crippen LogP contribution in [0.3, 0.4) is 0 Å². The predicted molar refractivity (Wildman–Crippen MR) is 155 cm³/mol. The van der Waals surface area contributed by atoms with Crippen LogP contribution in [0.2, 0.25) is 0 Å². The molecule has 11 heteroatoms. The molecule has 0 amide bonds. The second-order valence-corrected chi connectivity index (χ2v) is 9.72. The van der Waals surface area contributed by atoms with Crippen molar-refractivity contribution in [1.82, 2.24) is 19.5 Å². The van der Waals surface area contributed by atoms with Crippen molar-refractivity contribution in [2.45, 2.75) is 6.23 Å². The Morgan fingerprint density at radius 2 is 1.54 bits per heavy atom. The molecule has 3 aromatic carbocycles. The smallest absolute Gasteiger partial charge is 0.294 e. The monoisotopic (exact) mass is 549 g/mol. The lowest BCUT2D eigenvalue weighted by Gasteiger charge is -2.39. The van der Waals surface area contributed by atoms with Gasteiger partial charge in [0.15, 0.2) is 11.9 Å². The minimum absolute atomic E-state index is 0.0105. The van der Waals surface area contributed by atoms with Crippen molar-refractivity contribution in [3.63, 3.8) is 0 Å². The van der Waals surface area contributed by atoms with E-state index in [0.717, 1.165) is 54.1 Å². The lowest BCUT2D eigenvalue weighted by molar-refractivity contribution is -0.384. The van der Waals surface area contributed by atoms with Gasteiger partial charge in [0.1, 0.15) is 5.82 Å². The number of carbonyl (C=O) groups excluding carboxylic acids is 1. The highest BCUT2D eigenvalue weighted by Crippen LogP contribution is 2.32. The highest BCUT2D eigenvalue weighted by atomic mass is 16.6. The largest absolute Gasteiger partial charge is 0.444 e. The number of anilines is 2. The molecule has 2 aromatic heterocycles. The van der Waals surface area contributed by atoms with E-state index < -0.39 is 11.2 Å². The van der Waals surface area contributed by atoms with Gasteiger partial charge in [-0.15, -0.1) is 0 Å². The van der Waals surface area contributed by atoms with E-state index in [1.807, 2.05) is 42.5 Å². The average molecular weight is 550 g/mol. The zero-order valence-electron chi connectivity index (χ0n) is 22.0. The van der Waals surface area contributed by atoms with Gasteiger partial charge < -0.3 is 15.4 Å². The highest BCUT2D eigenvalue weighted by Gasteiger charge is 2.26. The molecule has 11 nitrogen and oxygen atoms in total. The summed E-state index contributed by atoms with van der Waals surface area (Å²) in [5.74, 6) is 0.400. The summed E-state index contributed by atoms with van der Waals surface area (Å²) in [7, 11) is 0. The third kappa shape index (κ3) is 5.06. The molecule has 1 atom stereocenters. The van der Waals surface area contributed by atoms with Gasteiger partial charge in [0.2, 0.25) is 0 Å². The summed E-state index contributed by atoms with van der Waals surface area (Å²) in [6, 6.07) is 24.2. The van der Waals surface area contributed by atoms with Gasteiger partial charge >= 0.3 is 0 Å². The molecule has 1 fully saturated rings. The number of ether oxygens (including phenoxy) is 1. The summed E-state index contributed by atoms with van der Waals surface area (Å²) in [6.07, 6.45) is 3.01. The van der Waals surface area contributed by atoms with E-state index in [1.165, 1.54) is 12.1 Å². The fourth-order valence-electron chi connectivity index (χ4n) is 5.25. The van der Waals surface area contributed by atoms with Crippen molar-refractivity contribution in [2.24, 2.45) is 0 Å². The standard InChI is InChI=1S/C30H27N7O4/c31-28-26(21-8-12-25(13-9-21)37(39)40)18-32-29-27(19-33-36(28)29)22-6-10-24(11-7-22)34-14-16-35(17-15-34)30(41-20-38)23-4-2-1-3-5-23/h1-13,18-20,30H,14-17,31H2. The molecule has 6 rings (SSSR count). The third-order valence-electron chi connectivity index (χ3n) is 7.41.